The predicted octanol–water partition coefficient (Wildman–Crippen LogP) is 2.36. The highest BCUT2D eigenvalue weighted by atomic mass is 32.2. The van der Waals surface area contributed by atoms with Gasteiger partial charge in [-0.15, -0.1) is 0 Å². The van der Waals surface area contributed by atoms with Crippen LogP contribution >= 0.6 is 0 Å². The summed E-state index contributed by atoms with van der Waals surface area (Å²) in [6.45, 7) is 3.84. The second-order valence-electron chi connectivity index (χ2n) is 2.68. The Labute approximate surface area is 74.2 Å². The van der Waals surface area contributed by atoms with Gasteiger partial charge in [-0.3, -0.25) is 4.55 Å². The van der Waals surface area contributed by atoms with E-state index in [-0.39, 0.29) is 4.91 Å². The molecule has 0 saturated heterocycles. The summed E-state index contributed by atoms with van der Waals surface area (Å²) in [6.07, 6.45) is 4.35. The Kier molecular flexibility index (Phi) is 5.17. The first-order valence-corrected chi connectivity index (χ1v) is 5.62. The van der Waals surface area contributed by atoms with Crippen LogP contribution in [0.3, 0.4) is 0 Å². The van der Waals surface area contributed by atoms with E-state index in [0.717, 1.165) is 12.8 Å². The minimum absolute atomic E-state index is 0.159. The highest BCUT2D eigenvalue weighted by Crippen LogP contribution is 2.12. The van der Waals surface area contributed by atoms with Crippen LogP contribution < -0.4 is 0 Å². The maximum absolute atomic E-state index is 10.7. The molecule has 0 aromatic heterocycles. The van der Waals surface area contributed by atoms with Crippen LogP contribution in [0.5, 0.6) is 0 Å². The van der Waals surface area contributed by atoms with Crippen LogP contribution in [-0.4, -0.2) is 13.0 Å². The first-order valence-electron chi connectivity index (χ1n) is 4.18. The number of hydrogen-bond acceptors (Lipinski definition) is 2. The lowest BCUT2D eigenvalue weighted by molar-refractivity contribution is 0.488. The van der Waals surface area contributed by atoms with Gasteiger partial charge in [0.1, 0.15) is 0 Å². The number of hydrogen-bond donors (Lipinski definition) is 1. The van der Waals surface area contributed by atoms with Crippen molar-refractivity contribution in [3.63, 3.8) is 0 Å². The Balaban J connectivity index is 4.44. The van der Waals surface area contributed by atoms with Crippen molar-refractivity contribution >= 4 is 10.1 Å². The molecule has 0 aliphatic heterocycles. The lowest BCUT2D eigenvalue weighted by Crippen LogP contribution is -2.01. The average molecular weight is 192 g/mol. The first-order chi connectivity index (χ1) is 5.52. The Bertz CT molecular complexity index is 239. The van der Waals surface area contributed by atoms with Gasteiger partial charge in [0.25, 0.3) is 10.1 Å². The van der Waals surface area contributed by atoms with Crippen molar-refractivity contribution in [2.24, 2.45) is 0 Å². The van der Waals surface area contributed by atoms with E-state index in [9.17, 15) is 8.42 Å². The molecule has 0 fully saturated rings. The standard InChI is InChI=1S/C8H16O3S/c1-3-5-7-8(6-4-2)12(9,10)11/h7H,3-6H2,1-2H3,(H,9,10,11)/b8-7-. The molecule has 3 nitrogen and oxygen atoms in total. The number of unbranched alkanes of at least 4 members (excludes halogenated alkanes) is 1. The van der Waals surface area contributed by atoms with E-state index < -0.39 is 10.1 Å². The molecule has 0 atom stereocenters. The fourth-order valence-corrected chi connectivity index (χ4v) is 1.68. The molecule has 0 rings (SSSR count). The van der Waals surface area contributed by atoms with Gasteiger partial charge in [-0.1, -0.05) is 32.8 Å². The summed E-state index contributed by atoms with van der Waals surface area (Å²) in [5.41, 5.74) is 0. The number of rotatable bonds is 5. The topological polar surface area (TPSA) is 54.4 Å². The van der Waals surface area contributed by atoms with Gasteiger partial charge in [0, 0.05) is 0 Å². The lowest BCUT2D eigenvalue weighted by atomic mass is 10.2. The number of allylic oxidation sites excluding steroid dienone is 2. The summed E-state index contributed by atoms with van der Waals surface area (Å²) in [7, 11) is -3.94. The van der Waals surface area contributed by atoms with Gasteiger partial charge < -0.3 is 0 Å². The van der Waals surface area contributed by atoms with Crippen LogP contribution in [-0.2, 0) is 10.1 Å². The molecular formula is C8H16O3S. The molecule has 0 unspecified atom stereocenters. The van der Waals surface area contributed by atoms with E-state index in [0.29, 0.717) is 12.8 Å². The smallest absolute Gasteiger partial charge is 0.282 e. The molecule has 0 heterocycles. The van der Waals surface area contributed by atoms with Gasteiger partial charge >= 0.3 is 0 Å². The molecule has 0 aromatic rings. The molecular weight excluding hydrogens is 176 g/mol. The monoisotopic (exact) mass is 192 g/mol. The summed E-state index contributed by atoms with van der Waals surface area (Å²) < 4.78 is 30.2. The van der Waals surface area contributed by atoms with E-state index in [1.54, 1.807) is 6.08 Å². The Hall–Kier alpha value is -0.350. The molecule has 72 valence electrons. The highest BCUT2D eigenvalue weighted by molar-refractivity contribution is 7.89. The minimum atomic E-state index is -3.94. The molecule has 0 radical (unpaired) electrons. The van der Waals surface area contributed by atoms with E-state index in [1.807, 2.05) is 13.8 Å². The first kappa shape index (κ1) is 11.6. The molecule has 0 aliphatic carbocycles. The molecule has 4 heteroatoms. The van der Waals surface area contributed by atoms with Gasteiger partial charge in [-0.2, -0.15) is 8.42 Å². The Morgan fingerprint density at radius 2 is 1.92 bits per heavy atom. The molecule has 0 amide bonds. The molecule has 1 N–H and O–H groups in total. The molecule has 0 bridgehead atoms. The van der Waals surface area contributed by atoms with Crippen molar-refractivity contribution in [3.8, 4) is 0 Å². The van der Waals surface area contributed by atoms with Gasteiger partial charge in [0.05, 0.1) is 4.91 Å². The van der Waals surface area contributed by atoms with Crippen molar-refractivity contribution in [2.75, 3.05) is 0 Å². The van der Waals surface area contributed by atoms with Crippen molar-refractivity contribution in [2.45, 2.75) is 39.5 Å². The van der Waals surface area contributed by atoms with E-state index in [2.05, 4.69) is 0 Å². The third kappa shape index (κ3) is 4.51. The fourth-order valence-electron chi connectivity index (χ4n) is 0.888. The van der Waals surface area contributed by atoms with Crippen LogP contribution in [0.1, 0.15) is 39.5 Å². The zero-order chi connectivity index (χ0) is 9.61. The van der Waals surface area contributed by atoms with Crippen molar-refractivity contribution < 1.29 is 13.0 Å². The van der Waals surface area contributed by atoms with Gasteiger partial charge in [0.2, 0.25) is 0 Å². The summed E-state index contributed by atoms with van der Waals surface area (Å²) >= 11 is 0. The maximum atomic E-state index is 10.7. The fraction of sp³-hybridized carbons (Fsp3) is 0.750. The van der Waals surface area contributed by atoms with Crippen LogP contribution in [0.25, 0.3) is 0 Å². The van der Waals surface area contributed by atoms with Gasteiger partial charge in [-0.25, -0.2) is 0 Å². The molecule has 0 aliphatic rings. The van der Waals surface area contributed by atoms with E-state index >= 15 is 0 Å². The third-order valence-electron chi connectivity index (χ3n) is 1.49. The zero-order valence-corrected chi connectivity index (χ0v) is 8.39. The van der Waals surface area contributed by atoms with Crippen LogP contribution in [0, 0.1) is 0 Å². The normalized spacial score (nSPS) is 13.4. The summed E-state index contributed by atoms with van der Waals surface area (Å²) in [5.74, 6) is 0. The summed E-state index contributed by atoms with van der Waals surface area (Å²) in [4.78, 5) is 0.159. The van der Waals surface area contributed by atoms with E-state index in [4.69, 9.17) is 4.55 Å². The summed E-state index contributed by atoms with van der Waals surface area (Å²) in [5, 5.41) is 0. The van der Waals surface area contributed by atoms with Gasteiger partial charge in [0.15, 0.2) is 0 Å². The lowest BCUT2D eigenvalue weighted by Gasteiger charge is -2.00. The maximum Gasteiger partial charge on any atom is 0.290 e. The minimum Gasteiger partial charge on any atom is -0.282 e. The largest absolute Gasteiger partial charge is 0.290 e. The Morgan fingerprint density at radius 1 is 1.33 bits per heavy atom. The predicted molar refractivity (Wildman–Crippen MR) is 49.4 cm³/mol. The second kappa shape index (κ2) is 5.32. The molecule has 0 spiro atoms. The van der Waals surface area contributed by atoms with Crippen molar-refractivity contribution in [3.05, 3.63) is 11.0 Å². The third-order valence-corrected chi connectivity index (χ3v) is 2.52. The van der Waals surface area contributed by atoms with Crippen LogP contribution in [0.2, 0.25) is 0 Å². The average Bonchev–Trinajstić information content (AvgIpc) is 1.95. The van der Waals surface area contributed by atoms with Crippen LogP contribution in [0.4, 0.5) is 0 Å². The summed E-state index contributed by atoms with van der Waals surface area (Å²) in [6, 6.07) is 0. The van der Waals surface area contributed by atoms with Crippen LogP contribution in [0.15, 0.2) is 11.0 Å². The quantitative estimate of drug-likeness (QED) is 0.680. The molecule has 0 aromatic carbocycles. The van der Waals surface area contributed by atoms with Crippen molar-refractivity contribution in [1.82, 2.24) is 0 Å². The van der Waals surface area contributed by atoms with E-state index in [1.165, 1.54) is 0 Å². The SMILES string of the molecule is CCC/C=C(/CCC)S(=O)(=O)O. The Morgan fingerprint density at radius 3 is 2.25 bits per heavy atom. The molecule has 0 saturated carbocycles. The van der Waals surface area contributed by atoms with Gasteiger partial charge in [-0.05, 0) is 12.8 Å². The molecule has 12 heavy (non-hydrogen) atoms. The highest BCUT2D eigenvalue weighted by Gasteiger charge is 2.11. The van der Waals surface area contributed by atoms with Crippen molar-refractivity contribution in [1.29, 1.82) is 0 Å². The second-order valence-corrected chi connectivity index (χ2v) is 4.16. The zero-order valence-electron chi connectivity index (χ0n) is 7.58.